The summed E-state index contributed by atoms with van der Waals surface area (Å²) in [5.41, 5.74) is 5.70. The van der Waals surface area contributed by atoms with E-state index in [1.807, 2.05) is 12.1 Å². The van der Waals surface area contributed by atoms with Gasteiger partial charge in [0.25, 0.3) is 0 Å². The lowest BCUT2D eigenvalue weighted by Crippen LogP contribution is -2.46. The Morgan fingerprint density at radius 3 is 3.07 bits per heavy atom. The maximum Gasteiger partial charge on any atom is 0.213 e. The first-order valence-corrected chi connectivity index (χ1v) is 5.58. The lowest BCUT2D eigenvalue weighted by Gasteiger charge is -2.21. The molecule has 1 aliphatic heterocycles. The second kappa shape index (κ2) is 4.47. The molecule has 1 saturated heterocycles. The number of hydrogen-bond donors (Lipinski definition) is 1. The third kappa shape index (κ3) is 2.90. The van der Waals surface area contributed by atoms with Gasteiger partial charge in [0.15, 0.2) is 0 Å². The van der Waals surface area contributed by atoms with Gasteiger partial charge in [-0.15, -0.1) is 0 Å². The van der Waals surface area contributed by atoms with Gasteiger partial charge in [-0.05, 0) is 28.4 Å². The second-order valence-electron chi connectivity index (χ2n) is 3.77. The molecule has 1 unspecified atom stereocenters. The van der Waals surface area contributed by atoms with Crippen LogP contribution in [0.4, 0.5) is 0 Å². The third-order valence-corrected chi connectivity index (χ3v) is 2.81. The summed E-state index contributed by atoms with van der Waals surface area (Å²) in [6.45, 7) is 1.72. The van der Waals surface area contributed by atoms with Crippen LogP contribution in [-0.2, 0) is 4.74 Å². The van der Waals surface area contributed by atoms with Gasteiger partial charge in [0.05, 0.1) is 12.1 Å². The number of aromatic nitrogens is 1. The summed E-state index contributed by atoms with van der Waals surface area (Å²) in [4.78, 5) is 4.10. The molecule has 0 aromatic carbocycles. The molecule has 2 N–H and O–H groups in total. The van der Waals surface area contributed by atoms with Gasteiger partial charge < -0.3 is 15.2 Å². The quantitative estimate of drug-likeness (QED) is 0.903. The Morgan fingerprint density at radius 2 is 2.47 bits per heavy atom. The summed E-state index contributed by atoms with van der Waals surface area (Å²) in [7, 11) is 0. The monoisotopic (exact) mass is 272 g/mol. The minimum absolute atomic E-state index is 0.352. The second-order valence-corrected chi connectivity index (χ2v) is 4.68. The van der Waals surface area contributed by atoms with E-state index in [9.17, 15) is 0 Å². The highest BCUT2D eigenvalue weighted by atomic mass is 79.9. The van der Waals surface area contributed by atoms with E-state index in [0.29, 0.717) is 25.7 Å². The molecule has 0 aliphatic carbocycles. The summed E-state index contributed by atoms with van der Waals surface area (Å²) in [5, 5.41) is 0. The van der Waals surface area contributed by atoms with Gasteiger partial charge in [0.1, 0.15) is 6.61 Å². The van der Waals surface area contributed by atoms with Crippen molar-refractivity contribution in [1.29, 1.82) is 0 Å². The average molecular weight is 273 g/mol. The van der Waals surface area contributed by atoms with Gasteiger partial charge in [-0.25, -0.2) is 4.98 Å². The molecule has 0 radical (unpaired) electrons. The Labute approximate surface area is 96.9 Å². The molecule has 1 aromatic rings. The molecule has 1 aromatic heterocycles. The van der Waals surface area contributed by atoms with Crippen LogP contribution in [-0.4, -0.2) is 30.3 Å². The van der Waals surface area contributed by atoms with Gasteiger partial charge in [0.2, 0.25) is 5.88 Å². The van der Waals surface area contributed by atoms with Crippen LogP contribution in [0, 0.1) is 0 Å². The molecule has 0 bridgehead atoms. The summed E-state index contributed by atoms with van der Waals surface area (Å²) in [5.74, 6) is 0.593. The van der Waals surface area contributed by atoms with Crippen molar-refractivity contribution in [1.82, 2.24) is 4.98 Å². The highest BCUT2D eigenvalue weighted by Crippen LogP contribution is 2.18. The predicted molar refractivity (Wildman–Crippen MR) is 59.8 cm³/mol. The van der Waals surface area contributed by atoms with Gasteiger partial charge in [-0.2, -0.15) is 0 Å². The number of halogens is 1. The SMILES string of the molecule is NC1(COc2ccc(Br)cn2)CCOC1. The van der Waals surface area contributed by atoms with Crippen LogP contribution in [0.5, 0.6) is 5.88 Å². The van der Waals surface area contributed by atoms with Crippen molar-refractivity contribution in [2.24, 2.45) is 5.73 Å². The third-order valence-electron chi connectivity index (χ3n) is 2.34. The smallest absolute Gasteiger partial charge is 0.213 e. The van der Waals surface area contributed by atoms with Crippen molar-refractivity contribution >= 4 is 15.9 Å². The fourth-order valence-electron chi connectivity index (χ4n) is 1.40. The maximum atomic E-state index is 6.05. The Hall–Kier alpha value is -0.650. The van der Waals surface area contributed by atoms with E-state index in [1.165, 1.54) is 0 Å². The zero-order valence-corrected chi connectivity index (χ0v) is 9.87. The summed E-state index contributed by atoms with van der Waals surface area (Å²) < 4.78 is 11.7. The van der Waals surface area contributed by atoms with E-state index in [4.69, 9.17) is 15.2 Å². The number of nitrogens with zero attached hydrogens (tertiary/aromatic N) is 1. The number of rotatable bonds is 3. The fourth-order valence-corrected chi connectivity index (χ4v) is 1.64. The molecular weight excluding hydrogens is 260 g/mol. The average Bonchev–Trinajstić information content (AvgIpc) is 2.65. The van der Waals surface area contributed by atoms with Gasteiger partial charge in [0, 0.05) is 23.3 Å². The van der Waals surface area contributed by atoms with E-state index in [1.54, 1.807) is 6.20 Å². The van der Waals surface area contributed by atoms with Crippen molar-refractivity contribution in [2.75, 3.05) is 19.8 Å². The first kappa shape index (κ1) is 10.9. The lowest BCUT2D eigenvalue weighted by molar-refractivity contribution is 0.150. The number of ether oxygens (including phenoxy) is 2. The number of nitrogens with two attached hydrogens (primary N) is 1. The Bertz CT molecular complexity index is 323. The normalized spacial score (nSPS) is 25.5. The topological polar surface area (TPSA) is 57.4 Å². The van der Waals surface area contributed by atoms with E-state index in [-0.39, 0.29) is 5.54 Å². The molecule has 2 rings (SSSR count). The molecule has 1 atom stereocenters. The molecule has 82 valence electrons. The minimum Gasteiger partial charge on any atom is -0.476 e. The lowest BCUT2D eigenvalue weighted by atomic mass is 10.0. The van der Waals surface area contributed by atoms with Crippen molar-refractivity contribution in [2.45, 2.75) is 12.0 Å². The van der Waals surface area contributed by atoms with E-state index >= 15 is 0 Å². The Kier molecular flexibility index (Phi) is 3.23. The summed E-state index contributed by atoms with van der Waals surface area (Å²) in [6, 6.07) is 3.69. The van der Waals surface area contributed by atoms with Crippen LogP contribution < -0.4 is 10.5 Å². The highest BCUT2D eigenvalue weighted by molar-refractivity contribution is 9.10. The fraction of sp³-hybridized carbons (Fsp3) is 0.500. The molecule has 1 fully saturated rings. The summed E-state index contributed by atoms with van der Waals surface area (Å²) in [6.07, 6.45) is 2.53. The Morgan fingerprint density at radius 1 is 1.60 bits per heavy atom. The number of hydrogen-bond acceptors (Lipinski definition) is 4. The Balaban J connectivity index is 1.90. The first-order valence-electron chi connectivity index (χ1n) is 4.79. The van der Waals surface area contributed by atoms with E-state index in [2.05, 4.69) is 20.9 Å². The molecule has 1 aliphatic rings. The standard InChI is InChI=1S/C10H13BrN2O2/c11-8-1-2-9(13-5-8)15-7-10(12)3-4-14-6-10/h1-2,5H,3-4,6-7,12H2. The first-order chi connectivity index (χ1) is 7.18. The maximum absolute atomic E-state index is 6.05. The van der Waals surface area contributed by atoms with Crippen molar-refractivity contribution in [3.63, 3.8) is 0 Å². The minimum atomic E-state index is -0.352. The molecule has 0 saturated carbocycles. The predicted octanol–water partition coefficient (Wildman–Crippen LogP) is 1.34. The van der Waals surface area contributed by atoms with Crippen LogP contribution in [0.3, 0.4) is 0 Å². The van der Waals surface area contributed by atoms with Crippen molar-refractivity contribution < 1.29 is 9.47 Å². The zero-order valence-electron chi connectivity index (χ0n) is 8.28. The van der Waals surface area contributed by atoms with Crippen LogP contribution in [0.25, 0.3) is 0 Å². The van der Waals surface area contributed by atoms with Crippen LogP contribution >= 0.6 is 15.9 Å². The molecule has 4 nitrogen and oxygen atoms in total. The molecule has 5 heteroatoms. The molecule has 2 heterocycles. The molecule has 0 amide bonds. The van der Waals surface area contributed by atoms with Gasteiger partial charge in [-0.3, -0.25) is 0 Å². The van der Waals surface area contributed by atoms with Crippen LogP contribution in [0.15, 0.2) is 22.8 Å². The highest BCUT2D eigenvalue weighted by Gasteiger charge is 2.31. The van der Waals surface area contributed by atoms with Crippen LogP contribution in [0.1, 0.15) is 6.42 Å². The largest absolute Gasteiger partial charge is 0.476 e. The van der Waals surface area contributed by atoms with Crippen molar-refractivity contribution in [3.05, 3.63) is 22.8 Å². The van der Waals surface area contributed by atoms with Gasteiger partial charge >= 0.3 is 0 Å². The van der Waals surface area contributed by atoms with E-state index in [0.717, 1.165) is 10.9 Å². The van der Waals surface area contributed by atoms with Crippen molar-refractivity contribution in [3.8, 4) is 5.88 Å². The molecular formula is C10H13BrN2O2. The van der Waals surface area contributed by atoms with E-state index < -0.39 is 0 Å². The molecule has 0 spiro atoms. The number of pyridine rings is 1. The van der Waals surface area contributed by atoms with Gasteiger partial charge in [-0.1, -0.05) is 0 Å². The van der Waals surface area contributed by atoms with Crippen LogP contribution in [0.2, 0.25) is 0 Å². The summed E-state index contributed by atoms with van der Waals surface area (Å²) >= 11 is 3.31. The zero-order chi connectivity index (χ0) is 10.7. The molecule has 15 heavy (non-hydrogen) atoms.